The summed E-state index contributed by atoms with van der Waals surface area (Å²) in [6, 6.07) is 8.77. The van der Waals surface area contributed by atoms with E-state index in [1.165, 1.54) is 0 Å². The summed E-state index contributed by atoms with van der Waals surface area (Å²) in [5.74, 6) is 0.536. The molecule has 0 radical (unpaired) electrons. The molecule has 21 heavy (non-hydrogen) atoms. The maximum Gasteiger partial charge on any atom is 0.138 e. The Kier molecular flexibility index (Phi) is 5.64. The van der Waals surface area contributed by atoms with Crippen LogP contribution in [0.3, 0.4) is 0 Å². The number of hydrogen-bond acceptors (Lipinski definition) is 2. The van der Waals surface area contributed by atoms with Crippen molar-refractivity contribution in [2.24, 2.45) is 0 Å². The summed E-state index contributed by atoms with van der Waals surface area (Å²) in [5, 5.41) is 5.26. The summed E-state index contributed by atoms with van der Waals surface area (Å²) >= 11 is 24.6. The van der Waals surface area contributed by atoms with Crippen LogP contribution >= 0.6 is 46.4 Å². The van der Waals surface area contributed by atoms with Crippen LogP contribution in [0.15, 0.2) is 30.3 Å². The van der Waals surface area contributed by atoms with E-state index in [2.05, 4.69) is 5.32 Å². The number of ether oxygens (including phenoxy) is 1. The van der Waals surface area contributed by atoms with Gasteiger partial charge in [0.05, 0.1) is 28.2 Å². The smallest absolute Gasteiger partial charge is 0.138 e. The van der Waals surface area contributed by atoms with Crippen molar-refractivity contribution in [1.29, 1.82) is 0 Å². The molecule has 2 aromatic carbocycles. The molecule has 2 nitrogen and oxygen atoms in total. The van der Waals surface area contributed by atoms with Gasteiger partial charge in [0.15, 0.2) is 0 Å². The zero-order valence-corrected chi connectivity index (χ0v) is 14.4. The Morgan fingerprint density at radius 2 is 1.62 bits per heavy atom. The quantitative estimate of drug-likeness (QED) is 0.760. The van der Waals surface area contributed by atoms with Crippen LogP contribution in [-0.4, -0.2) is 14.2 Å². The molecule has 2 aromatic rings. The van der Waals surface area contributed by atoms with Crippen molar-refractivity contribution >= 4 is 46.4 Å². The van der Waals surface area contributed by atoms with Gasteiger partial charge < -0.3 is 10.1 Å². The van der Waals surface area contributed by atoms with E-state index in [1.807, 2.05) is 13.1 Å². The first kappa shape index (κ1) is 16.7. The molecule has 1 unspecified atom stereocenters. The highest BCUT2D eigenvalue weighted by Crippen LogP contribution is 2.37. The molecular formula is C15H13Cl4NO. The van der Waals surface area contributed by atoms with Crippen molar-refractivity contribution in [3.05, 3.63) is 61.5 Å². The zero-order chi connectivity index (χ0) is 15.6. The molecule has 0 aromatic heterocycles. The van der Waals surface area contributed by atoms with Crippen LogP contribution in [0, 0.1) is 0 Å². The third kappa shape index (κ3) is 3.58. The predicted molar refractivity (Wildman–Crippen MR) is 90.4 cm³/mol. The van der Waals surface area contributed by atoms with E-state index in [1.54, 1.807) is 31.4 Å². The SMILES string of the molecule is CNC(c1ccc(Cl)c(Cl)c1)c1cc(Cl)c(OC)cc1Cl. The average Bonchev–Trinajstić information content (AvgIpc) is 2.46. The Balaban J connectivity index is 2.50. The van der Waals surface area contributed by atoms with E-state index < -0.39 is 0 Å². The van der Waals surface area contributed by atoms with Gasteiger partial charge in [0, 0.05) is 11.1 Å². The van der Waals surface area contributed by atoms with Gasteiger partial charge in [-0.2, -0.15) is 0 Å². The van der Waals surface area contributed by atoms with E-state index in [0.29, 0.717) is 25.8 Å². The molecule has 0 heterocycles. The minimum Gasteiger partial charge on any atom is -0.495 e. The standard InChI is InChI=1S/C15H13Cl4NO/c1-20-15(8-3-4-10(16)12(18)5-8)9-6-13(19)14(21-2)7-11(9)17/h3-7,15,20H,1-2H3. The van der Waals surface area contributed by atoms with Crippen LogP contribution in [0.4, 0.5) is 0 Å². The highest BCUT2D eigenvalue weighted by atomic mass is 35.5. The molecule has 0 saturated carbocycles. The normalized spacial score (nSPS) is 12.3. The molecule has 2 rings (SSSR count). The highest BCUT2D eigenvalue weighted by molar-refractivity contribution is 6.42. The molecule has 0 aliphatic carbocycles. The van der Waals surface area contributed by atoms with Gasteiger partial charge in [0.2, 0.25) is 0 Å². The number of nitrogens with one attached hydrogen (secondary N) is 1. The second kappa shape index (κ2) is 7.08. The monoisotopic (exact) mass is 363 g/mol. The van der Waals surface area contributed by atoms with Crippen molar-refractivity contribution in [2.75, 3.05) is 14.2 Å². The summed E-state index contributed by atoms with van der Waals surface area (Å²) in [6.07, 6.45) is 0. The number of rotatable bonds is 4. The lowest BCUT2D eigenvalue weighted by atomic mass is 9.98. The van der Waals surface area contributed by atoms with Crippen molar-refractivity contribution < 1.29 is 4.74 Å². The number of halogens is 4. The molecule has 6 heteroatoms. The molecule has 0 saturated heterocycles. The van der Waals surface area contributed by atoms with Crippen LogP contribution in [0.25, 0.3) is 0 Å². The summed E-state index contributed by atoms with van der Waals surface area (Å²) in [6.45, 7) is 0. The van der Waals surface area contributed by atoms with Crippen molar-refractivity contribution in [2.45, 2.75) is 6.04 Å². The number of benzene rings is 2. The van der Waals surface area contributed by atoms with Crippen molar-refractivity contribution in [3.63, 3.8) is 0 Å². The maximum absolute atomic E-state index is 6.34. The summed E-state index contributed by atoms with van der Waals surface area (Å²) < 4.78 is 5.16. The first-order valence-electron chi connectivity index (χ1n) is 6.13. The molecule has 112 valence electrons. The van der Waals surface area contributed by atoms with E-state index >= 15 is 0 Å². The van der Waals surface area contributed by atoms with E-state index in [4.69, 9.17) is 51.1 Å². The average molecular weight is 365 g/mol. The second-order valence-electron chi connectivity index (χ2n) is 4.40. The van der Waals surface area contributed by atoms with Gasteiger partial charge in [-0.1, -0.05) is 52.5 Å². The molecule has 0 aliphatic rings. The van der Waals surface area contributed by atoms with Gasteiger partial charge in [0.25, 0.3) is 0 Å². The third-order valence-corrected chi connectivity index (χ3v) is 4.51. The molecular weight excluding hydrogens is 352 g/mol. The number of hydrogen-bond donors (Lipinski definition) is 1. The van der Waals surface area contributed by atoms with Gasteiger partial charge in [-0.25, -0.2) is 0 Å². The largest absolute Gasteiger partial charge is 0.495 e. The Bertz CT molecular complexity index is 660. The predicted octanol–water partition coefficient (Wildman–Crippen LogP) is 5.62. The van der Waals surface area contributed by atoms with E-state index in [9.17, 15) is 0 Å². The summed E-state index contributed by atoms with van der Waals surface area (Å²) in [7, 11) is 3.38. The molecule has 0 amide bonds. The maximum atomic E-state index is 6.34. The minimum atomic E-state index is -0.157. The first-order valence-corrected chi connectivity index (χ1v) is 7.64. The Labute approximate surface area is 143 Å². The fourth-order valence-corrected chi connectivity index (χ4v) is 2.93. The molecule has 0 bridgehead atoms. The molecule has 0 fully saturated rings. The molecule has 0 aliphatic heterocycles. The van der Waals surface area contributed by atoms with E-state index in [-0.39, 0.29) is 6.04 Å². The summed E-state index contributed by atoms with van der Waals surface area (Å²) in [4.78, 5) is 0. The van der Waals surface area contributed by atoms with Gasteiger partial charge in [-0.05, 0) is 36.4 Å². The molecule has 1 N–H and O–H groups in total. The van der Waals surface area contributed by atoms with Crippen LogP contribution < -0.4 is 10.1 Å². The fraction of sp³-hybridized carbons (Fsp3) is 0.200. The van der Waals surface area contributed by atoms with Gasteiger partial charge in [-0.15, -0.1) is 0 Å². The van der Waals surface area contributed by atoms with Crippen molar-refractivity contribution in [1.82, 2.24) is 5.32 Å². The van der Waals surface area contributed by atoms with E-state index in [0.717, 1.165) is 11.1 Å². The van der Waals surface area contributed by atoms with Crippen LogP contribution in [0.2, 0.25) is 20.1 Å². The Morgan fingerprint density at radius 3 is 2.19 bits per heavy atom. The molecule has 1 atom stereocenters. The highest BCUT2D eigenvalue weighted by Gasteiger charge is 2.18. The zero-order valence-electron chi connectivity index (χ0n) is 11.4. The lowest BCUT2D eigenvalue weighted by Gasteiger charge is -2.20. The Hall–Kier alpha value is -0.640. The molecule has 0 spiro atoms. The Morgan fingerprint density at radius 1 is 0.905 bits per heavy atom. The number of methoxy groups -OCH3 is 1. The fourth-order valence-electron chi connectivity index (χ4n) is 2.12. The van der Waals surface area contributed by atoms with Gasteiger partial charge in [-0.3, -0.25) is 0 Å². The second-order valence-corrected chi connectivity index (χ2v) is 6.03. The summed E-state index contributed by atoms with van der Waals surface area (Å²) in [5.41, 5.74) is 1.78. The topological polar surface area (TPSA) is 21.3 Å². The van der Waals surface area contributed by atoms with Crippen LogP contribution in [-0.2, 0) is 0 Å². The first-order chi connectivity index (χ1) is 9.97. The van der Waals surface area contributed by atoms with Gasteiger partial charge in [0.1, 0.15) is 5.75 Å². The lowest BCUT2D eigenvalue weighted by Crippen LogP contribution is -2.18. The van der Waals surface area contributed by atoms with Gasteiger partial charge >= 0.3 is 0 Å². The van der Waals surface area contributed by atoms with Crippen LogP contribution in [0.5, 0.6) is 5.75 Å². The lowest BCUT2D eigenvalue weighted by molar-refractivity contribution is 0.415. The minimum absolute atomic E-state index is 0.157. The van der Waals surface area contributed by atoms with Crippen LogP contribution in [0.1, 0.15) is 17.2 Å². The van der Waals surface area contributed by atoms with Crippen molar-refractivity contribution in [3.8, 4) is 5.75 Å². The third-order valence-electron chi connectivity index (χ3n) is 3.15.